The summed E-state index contributed by atoms with van der Waals surface area (Å²) in [6, 6.07) is 7.19. The molecular weight excluding hydrogens is 462 g/mol. The number of halogens is 4. The second kappa shape index (κ2) is 8.69. The van der Waals surface area contributed by atoms with Crippen molar-refractivity contribution in [1.29, 1.82) is 0 Å². The van der Waals surface area contributed by atoms with E-state index in [9.17, 15) is 31.9 Å². The van der Waals surface area contributed by atoms with Crippen LogP contribution in [0.1, 0.15) is 18.1 Å². The number of anilines is 2. The molecule has 1 saturated heterocycles. The fraction of sp³-hybridized carbons (Fsp3) is 0.227. The van der Waals surface area contributed by atoms with E-state index in [2.05, 4.69) is 15.4 Å². The largest absolute Gasteiger partial charge is 0.573 e. The van der Waals surface area contributed by atoms with Gasteiger partial charge in [0.1, 0.15) is 17.7 Å². The number of amides is 3. The number of alkyl halides is 3. The summed E-state index contributed by atoms with van der Waals surface area (Å²) >= 11 is 0. The zero-order chi connectivity index (χ0) is 24.6. The van der Waals surface area contributed by atoms with Crippen LogP contribution in [0.3, 0.4) is 0 Å². The molecule has 0 saturated carbocycles. The Morgan fingerprint density at radius 2 is 2.03 bits per heavy atom. The van der Waals surface area contributed by atoms with Gasteiger partial charge in [-0.2, -0.15) is 0 Å². The van der Waals surface area contributed by atoms with E-state index in [1.54, 1.807) is 0 Å². The quantitative estimate of drug-likeness (QED) is 0.504. The molecule has 0 aliphatic carbocycles. The predicted molar refractivity (Wildman–Crippen MR) is 112 cm³/mol. The molecule has 34 heavy (non-hydrogen) atoms. The predicted octanol–water partition coefficient (Wildman–Crippen LogP) is 3.68. The van der Waals surface area contributed by atoms with Crippen molar-refractivity contribution in [2.75, 3.05) is 23.3 Å². The standard InChI is InChI=1S/C22H17F4N3O5/c1-11(30)27-9-15-10-29(21(32)33-15)13-3-2-12(18(23)7-13)6-17-16-8-14(34-22(24,25)26)4-5-19(16)28-20(17)31/h2-8,15H,9-10H2,1H3,(H,27,30)(H,28,31)/t15-/m0/s1. The summed E-state index contributed by atoms with van der Waals surface area (Å²) in [5.41, 5.74) is 0.510. The van der Waals surface area contributed by atoms with Gasteiger partial charge in [-0.15, -0.1) is 13.2 Å². The molecular formula is C22H17F4N3O5. The zero-order valence-corrected chi connectivity index (χ0v) is 17.5. The van der Waals surface area contributed by atoms with E-state index in [-0.39, 0.29) is 47.1 Å². The Hall–Kier alpha value is -4.09. The van der Waals surface area contributed by atoms with Crippen molar-refractivity contribution in [2.24, 2.45) is 0 Å². The van der Waals surface area contributed by atoms with Crippen molar-refractivity contribution in [1.82, 2.24) is 5.32 Å². The molecule has 2 aromatic carbocycles. The summed E-state index contributed by atoms with van der Waals surface area (Å²) in [4.78, 5) is 36.7. The maximum absolute atomic E-state index is 14.9. The lowest BCUT2D eigenvalue weighted by atomic mass is 10.0. The Bertz CT molecular complexity index is 1210. The van der Waals surface area contributed by atoms with E-state index >= 15 is 0 Å². The topological polar surface area (TPSA) is 97.0 Å². The van der Waals surface area contributed by atoms with Crippen LogP contribution in [0, 0.1) is 5.82 Å². The van der Waals surface area contributed by atoms with Gasteiger partial charge in [0.25, 0.3) is 5.91 Å². The number of hydrogen-bond donors (Lipinski definition) is 2. The smallest absolute Gasteiger partial charge is 0.442 e. The highest BCUT2D eigenvalue weighted by Gasteiger charge is 2.34. The molecule has 178 valence electrons. The van der Waals surface area contributed by atoms with Crippen LogP contribution in [0.15, 0.2) is 36.4 Å². The van der Waals surface area contributed by atoms with Crippen LogP contribution in [0.25, 0.3) is 11.6 Å². The molecule has 2 aliphatic heterocycles. The molecule has 8 nitrogen and oxygen atoms in total. The average molecular weight is 479 g/mol. The first-order valence-electron chi connectivity index (χ1n) is 9.95. The molecule has 2 aliphatic rings. The van der Waals surface area contributed by atoms with Gasteiger partial charge < -0.3 is 20.1 Å². The van der Waals surface area contributed by atoms with Crippen molar-refractivity contribution in [3.05, 3.63) is 53.3 Å². The first-order valence-corrected chi connectivity index (χ1v) is 9.95. The van der Waals surface area contributed by atoms with E-state index in [1.807, 2.05) is 0 Å². The third kappa shape index (κ3) is 4.95. The van der Waals surface area contributed by atoms with Gasteiger partial charge in [0.2, 0.25) is 5.91 Å². The fourth-order valence-corrected chi connectivity index (χ4v) is 3.56. The van der Waals surface area contributed by atoms with E-state index in [1.165, 1.54) is 36.1 Å². The van der Waals surface area contributed by atoms with Gasteiger partial charge in [0.15, 0.2) is 0 Å². The molecule has 0 spiro atoms. The minimum Gasteiger partial charge on any atom is -0.442 e. The van der Waals surface area contributed by atoms with Crippen LogP contribution in [0.5, 0.6) is 5.75 Å². The lowest BCUT2D eigenvalue weighted by molar-refractivity contribution is -0.274. The van der Waals surface area contributed by atoms with Gasteiger partial charge in [0.05, 0.1) is 18.8 Å². The van der Waals surface area contributed by atoms with Crippen LogP contribution in [-0.2, 0) is 14.3 Å². The minimum atomic E-state index is -4.91. The van der Waals surface area contributed by atoms with Crippen LogP contribution < -0.4 is 20.3 Å². The third-order valence-electron chi connectivity index (χ3n) is 5.06. The number of carbonyl (C=O) groups excluding carboxylic acids is 3. The Labute approximate surface area is 190 Å². The molecule has 0 unspecified atom stereocenters. The highest BCUT2D eigenvalue weighted by Crippen LogP contribution is 2.37. The van der Waals surface area contributed by atoms with Gasteiger partial charge in [-0.3, -0.25) is 14.5 Å². The molecule has 1 atom stereocenters. The number of ether oxygens (including phenoxy) is 2. The lowest BCUT2D eigenvalue weighted by Gasteiger charge is -2.14. The van der Waals surface area contributed by atoms with E-state index < -0.39 is 36.0 Å². The normalized spacial score (nSPS) is 18.6. The highest BCUT2D eigenvalue weighted by atomic mass is 19.4. The van der Waals surface area contributed by atoms with E-state index in [4.69, 9.17) is 4.74 Å². The van der Waals surface area contributed by atoms with E-state index in [0.717, 1.165) is 18.2 Å². The molecule has 3 amide bonds. The molecule has 12 heteroatoms. The van der Waals surface area contributed by atoms with Crippen LogP contribution in [0.2, 0.25) is 0 Å². The fourth-order valence-electron chi connectivity index (χ4n) is 3.56. The Morgan fingerprint density at radius 1 is 1.26 bits per heavy atom. The van der Waals surface area contributed by atoms with Crippen LogP contribution in [-0.4, -0.2) is 43.5 Å². The number of rotatable bonds is 5. The molecule has 0 bridgehead atoms. The van der Waals surface area contributed by atoms with Crippen molar-refractivity contribution in [3.63, 3.8) is 0 Å². The number of nitrogens with zero attached hydrogens (tertiary/aromatic N) is 1. The molecule has 4 rings (SSSR count). The average Bonchev–Trinajstić information content (AvgIpc) is 3.26. The maximum atomic E-state index is 14.9. The summed E-state index contributed by atoms with van der Waals surface area (Å²) in [5, 5.41) is 5.03. The second-order valence-electron chi connectivity index (χ2n) is 7.53. The lowest BCUT2D eigenvalue weighted by Crippen LogP contribution is -2.33. The van der Waals surface area contributed by atoms with Crippen molar-refractivity contribution in [3.8, 4) is 5.75 Å². The summed E-state index contributed by atoms with van der Waals surface area (Å²) in [7, 11) is 0. The molecule has 1 fully saturated rings. The van der Waals surface area contributed by atoms with Crippen molar-refractivity contribution in [2.45, 2.75) is 19.4 Å². The molecule has 2 heterocycles. The number of nitrogens with one attached hydrogen (secondary N) is 2. The second-order valence-corrected chi connectivity index (χ2v) is 7.53. The van der Waals surface area contributed by atoms with Gasteiger partial charge in [-0.25, -0.2) is 9.18 Å². The minimum absolute atomic E-state index is 0.0220. The van der Waals surface area contributed by atoms with E-state index in [0.29, 0.717) is 0 Å². The number of carbonyl (C=O) groups is 3. The number of cyclic esters (lactones) is 1. The number of benzene rings is 2. The molecule has 0 radical (unpaired) electrons. The Balaban J connectivity index is 1.57. The van der Waals surface area contributed by atoms with Crippen LogP contribution in [0.4, 0.5) is 33.7 Å². The molecule has 0 aromatic heterocycles. The summed E-state index contributed by atoms with van der Waals surface area (Å²) in [6.07, 6.45) is -5.02. The molecule has 2 aromatic rings. The zero-order valence-electron chi connectivity index (χ0n) is 17.5. The van der Waals surface area contributed by atoms with Crippen molar-refractivity contribution < 1.29 is 41.4 Å². The van der Waals surface area contributed by atoms with Gasteiger partial charge in [-0.1, -0.05) is 0 Å². The summed E-state index contributed by atoms with van der Waals surface area (Å²) in [6.45, 7) is 1.53. The monoisotopic (exact) mass is 479 g/mol. The maximum Gasteiger partial charge on any atom is 0.573 e. The number of hydrogen-bond acceptors (Lipinski definition) is 5. The van der Waals surface area contributed by atoms with Gasteiger partial charge in [-0.05, 0) is 42.5 Å². The highest BCUT2D eigenvalue weighted by molar-refractivity contribution is 6.35. The Morgan fingerprint density at radius 3 is 2.71 bits per heavy atom. The SMILES string of the molecule is CC(=O)NC[C@H]1CN(c2ccc(C=C3C(=O)Nc4ccc(OC(F)(F)F)cc43)c(F)c2)C(=O)O1. The van der Waals surface area contributed by atoms with Crippen molar-refractivity contribution >= 4 is 40.9 Å². The molecule has 2 N–H and O–H groups in total. The summed E-state index contributed by atoms with van der Waals surface area (Å²) in [5.74, 6) is -2.20. The number of fused-ring (bicyclic) bond motifs is 1. The van der Waals surface area contributed by atoms with Gasteiger partial charge >= 0.3 is 12.5 Å². The Kier molecular flexibility index (Phi) is 5.90. The first kappa shape index (κ1) is 23.1. The first-order chi connectivity index (χ1) is 16.0. The van der Waals surface area contributed by atoms with Gasteiger partial charge in [0, 0.05) is 29.3 Å². The van der Waals surface area contributed by atoms with Crippen LogP contribution >= 0.6 is 0 Å². The third-order valence-corrected chi connectivity index (χ3v) is 5.06. The summed E-state index contributed by atoms with van der Waals surface area (Å²) < 4.78 is 61.5.